The van der Waals surface area contributed by atoms with Crippen LogP contribution >= 0.6 is 11.6 Å². The zero-order valence-corrected chi connectivity index (χ0v) is 19.1. The van der Waals surface area contributed by atoms with Crippen LogP contribution in [0.5, 0.6) is 0 Å². The van der Waals surface area contributed by atoms with Crippen LogP contribution < -0.4 is 15.8 Å². The summed E-state index contributed by atoms with van der Waals surface area (Å²) in [7, 11) is 0. The number of carbonyl (C=O) groups excluding carboxylic acids is 1. The van der Waals surface area contributed by atoms with Crippen molar-refractivity contribution in [2.75, 3.05) is 18.0 Å². The lowest BCUT2D eigenvalue weighted by Gasteiger charge is -2.33. The van der Waals surface area contributed by atoms with Gasteiger partial charge in [0, 0.05) is 30.7 Å². The molecule has 2 heterocycles. The van der Waals surface area contributed by atoms with Crippen molar-refractivity contribution in [3.05, 3.63) is 86.7 Å². The van der Waals surface area contributed by atoms with Gasteiger partial charge in [-0.2, -0.15) is 4.68 Å². The van der Waals surface area contributed by atoms with Crippen LogP contribution in [-0.2, 0) is 11.3 Å². The number of hydrogen-bond acceptors (Lipinski definition) is 4. The highest BCUT2D eigenvalue weighted by Gasteiger charge is 2.27. The van der Waals surface area contributed by atoms with Gasteiger partial charge in [-0.1, -0.05) is 47.5 Å². The van der Waals surface area contributed by atoms with Crippen LogP contribution in [0.4, 0.5) is 5.82 Å². The fraction of sp³-hybridized carbons (Fsp3) is 0.320. The molecule has 1 aliphatic heterocycles. The molecule has 0 radical (unpaired) electrons. The predicted molar refractivity (Wildman–Crippen MR) is 128 cm³/mol. The van der Waals surface area contributed by atoms with E-state index in [-0.39, 0.29) is 17.4 Å². The molecule has 4 rings (SSSR count). The maximum Gasteiger partial charge on any atom is 0.271 e. The quantitative estimate of drug-likeness (QED) is 0.637. The number of aromatic nitrogens is 2. The second-order valence-electron chi connectivity index (χ2n) is 8.37. The van der Waals surface area contributed by atoms with Crippen molar-refractivity contribution in [2.45, 2.75) is 33.2 Å². The molecule has 3 aromatic rings. The summed E-state index contributed by atoms with van der Waals surface area (Å²) in [5, 5.41) is 8.23. The SMILES string of the molecule is Cc1cccc(CNC(=O)C2CCCN(c3ccc(=O)n(-c4ccc(C)c(Cl)c4)n3)C2)c1. The summed E-state index contributed by atoms with van der Waals surface area (Å²) in [6, 6.07) is 16.8. The van der Waals surface area contributed by atoms with Crippen LogP contribution in [0.1, 0.15) is 29.5 Å². The molecule has 166 valence electrons. The van der Waals surface area contributed by atoms with Gasteiger partial charge in [0.25, 0.3) is 5.56 Å². The highest BCUT2D eigenvalue weighted by molar-refractivity contribution is 6.31. The van der Waals surface area contributed by atoms with Crippen molar-refractivity contribution in [1.82, 2.24) is 15.1 Å². The van der Waals surface area contributed by atoms with Crippen molar-refractivity contribution in [3.63, 3.8) is 0 Å². The van der Waals surface area contributed by atoms with Crippen LogP contribution in [0.3, 0.4) is 0 Å². The monoisotopic (exact) mass is 450 g/mol. The van der Waals surface area contributed by atoms with Gasteiger partial charge in [-0.15, -0.1) is 5.10 Å². The Hall–Kier alpha value is -3.12. The fourth-order valence-corrected chi connectivity index (χ4v) is 4.20. The van der Waals surface area contributed by atoms with E-state index in [1.165, 1.54) is 16.3 Å². The first-order valence-electron chi connectivity index (χ1n) is 10.9. The molecule has 1 amide bonds. The molecule has 1 saturated heterocycles. The summed E-state index contributed by atoms with van der Waals surface area (Å²) in [5.41, 5.74) is 3.61. The van der Waals surface area contributed by atoms with Crippen LogP contribution in [0, 0.1) is 19.8 Å². The lowest BCUT2D eigenvalue weighted by atomic mass is 9.97. The van der Waals surface area contributed by atoms with Gasteiger partial charge < -0.3 is 10.2 Å². The van der Waals surface area contributed by atoms with Crippen molar-refractivity contribution >= 4 is 23.3 Å². The van der Waals surface area contributed by atoms with E-state index in [0.29, 0.717) is 29.6 Å². The third-order valence-electron chi connectivity index (χ3n) is 5.85. The van der Waals surface area contributed by atoms with Crippen LogP contribution in [0.15, 0.2) is 59.4 Å². The highest BCUT2D eigenvalue weighted by Crippen LogP contribution is 2.23. The number of amides is 1. The lowest BCUT2D eigenvalue weighted by molar-refractivity contribution is -0.125. The number of nitrogens with zero attached hydrogens (tertiary/aromatic N) is 3. The Kier molecular flexibility index (Phi) is 6.61. The maximum atomic E-state index is 12.8. The Morgan fingerprint density at radius 2 is 2.00 bits per heavy atom. The first kappa shape index (κ1) is 22.1. The second-order valence-corrected chi connectivity index (χ2v) is 8.77. The lowest BCUT2D eigenvalue weighted by Crippen LogP contribution is -2.43. The fourth-order valence-electron chi connectivity index (χ4n) is 4.02. The molecule has 1 atom stereocenters. The first-order chi connectivity index (χ1) is 15.4. The molecule has 1 N–H and O–H groups in total. The molecular weight excluding hydrogens is 424 g/mol. The van der Waals surface area contributed by atoms with Gasteiger partial charge in [-0.05, 0) is 56.0 Å². The molecule has 7 heteroatoms. The van der Waals surface area contributed by atoms with E-state index in [0.717, 1.165) is 30.5 Å². The summed E-state index contributed by atoms with van der Waals surface area (Å²) in [6.07, 6.45) is 1.73. The van der Waals surface area contributed by atoms with Crippen molar-refractivity contribution in [3.8, 4) is 5.69 Å². The molecule has 0 bridgehead atoms. The van der Waals surface area contributed by atoms with Gasteiger partial charge in [0.2, 0.25) is 5.91 Å². The summed E-state index contributed by atoms with van der Waals surface area (Å²) in [4.78, 5) is 27.3. The topological polar surface area (TPSA) is 67.2 Å². The Morgan fingerprint density at radius 1 is 1.16 bits per heavy atom. The van der Waals surface area contributed by atoms with E-state index in [1.807, 2.05) is 44.2 Å². The normalized spacial score (nSPS) is 16.1. The summed E-state index contributed by atoms with van der Waals surface area (Å²) < 4.78 is 1.36. The highest BCUT2D eigenvalue weighted by atomic mass is 35.5. The van der Waals surface area contributed by atoms with Gasteiger partial charge >= 0.3 is 0 Å². The van der Waals surface area contributed by atoms with E-state index < -0.39 is 0 Å². The number of rotatable bonds is 5. The Bertz CT molecular complexity index is 1190. The number of carbonyl (C=O) groups is 1. The maximum absolute atomic E-state index is 12.8. The van der Waals surface area contributed by atoms with E-state index in [2.05, 4.69) is 21.4 Å². The first-order valence-corrected chi connectivity index (χ1v) is 11.2. The van der Waals surface area contributed by atoms with Crippen LogP contribution in [-0.4, -0.2) is 28.8 Å². The molecule has 1 aromatic heterocycles. The van der Waals surface area contributed by atoms with Gasteiger partial charge in [0.1, 0.15) is 5.82 Å². The number of benzene rings is 2. The molecule has 1 aliphatic rings. The molecule has 6 nitrogen and oxygen atoms in total. The zero-order valence-electron chi connectivity index (χ0n) is 18.3. The van der Waals surface area contributed by atoms with Crippen molar-refractivity contribution in [2.24, 2.45) is 5.92 Å². The molecule has 0 aliphatic carbocycles. The third kappa shape index (κ3) is 5.02. The van der Waals surface area contributed by atoms with Gasteiger partial charge in [0.05, 0.1) is 11.6 Å². The predicted octanol–water partition coefficient (Wildman–Crippen LogP) is 4.04. The van der Waals surface area contributed by atoms with E-state index in [4.69, 9.17) is 11.6 Å². The van der Waals surface area contributed by atoms with Gasteiger partial charge in [-0.3, -0.25) is 9.59 Å². The molecule has 1 unspecified atom stereocenters. The smallest absolute Gasteiger partial charge is 0.271 e. The zero-order chi connectivity index (χ0) is 22.7. The largest absolute Gasteiger partial charge is 0.354 e. The number of aryl methyl sites for hydroxylation is 2. The van der Waals surface area contributed by atoms with Crippen molar-refractivity contribution in [1.29, 1.82) is 0 Å². The molecular formula is C25H27ClN4O2. The summed E-state index contributed by atoms with van der Waals surface area (Å²) in [6.45, 7) is 5.84. The number of piperidine rings is 1. The minimum Gasteiger partial charge on any atom is -0.354 e. The van der Waals surface area contributed by atoms with E-state index in [1.54, 1.807) is 12.1 Å². The average Bonchev–Trinajstić information content (AvgIpc) is 2.80. The van der Waals surface area contributed by atoms with Crippen molar-refractivity contribution < 1.29 is 4.79 Å². The Labute approximate surface area is 192 Å². The molecule has 2 aromatic carbocycles. The molecule has 0 saturated carbocycles. The summed E-state index contributed by atoms with van der Waals surface area (Å²) >= 11 is 6.24. The summed E-state index contributed by atoms with van der Waals surface area (Å²) in [5.74, 6) is 0.608. The van der Waals surface area contributed by atoms with E-state index >= 15 is 0 Å². The Balaban J connectivity index is 1.47. The molecule has 1 fully saturated rings. The van der Waals surface area contributed by atoms with Gasteiger partial charge in [-0.25, -0.2) is 0 Å². The Morgan fingerprint density at radius 3 is 2.78 bits per heavy atom. The van der Waals surface area contributed by atoms with Crippen LogP contribution in [0.2, 0.25) is 5.02 Å². The number of hydrogen-bond donors (Lipinski definition) is 1. The third-order valence-corrected chi connectivity index (χ3v) is 6.26. The van der Waals surface area contributed by atoms with Gasteiger partial charge in [0.15, 0.2) is 0 Å². The molecule has 0 spiro atoms. The number of halogens is 1. The minimum atomic E-state index is -0.224. The standard InChI is InChI=1S/C25H27ClN4O2/c1-17-5-3-6-19(13-17)15-27-25(32)20-7-4-12-29(16-20)23-10-11-24(31)30(28-23)21-9-8-18(2)22(26)14-21/h3,5-6,8-11,13-14,20H,4,7,12,15-16H2,1-2H3,(H,27,32). The van der Waals surface area contributed by atoms with Crippen LogP contribution in [0.25, 0.3) is 5.69 Å². The second kappa shape index (κ2) is 9.57. The minimum absolute atomic E-state index is 0.0508. The number of nitrogens with one attached hydrogen (secondary N) is 1. The average molecular weight is 451 g/mol. The molecule has 32 heavy (non-hydrogen) atoms. The van der Waals surface area contributed by atoms with E-state index in [9.17, 15) is 9.59 Å². The number of anilines is 1.